The maximum Gasteiger partial charge on any atom is 0.573 e. The van der Waals surface area contributed by atoms with Gasteiger partial charge in [0.25, 0.3) is 0 Å². The molecule has 102 valence electrons. The lowest BCUT2D eigenvalue weighted by molar-refractivity contribution is -0.274. The summed E-state index contributed by atoms with van der Waals surface area (Å²) >= 11 is 0. The minimum absolute atomic E-state index is 0.198. The van der Waals surface area contributed by atoms with E-state index >= 15 is 0 Å². The Morgan fingerprint density at radius 3 is 2.61 bits per heavy atom. The number of benzene rings is 1. The van der Waals surface area contributed by atoms with Crippen LogP contribution in [0.4, 0.5) is 18.9 Å². The zero-order valence-electron chi connectivity index (χ0n) is 10.6. The molecule has 0 fully saturated rings. The Labute approximate surface area is 105 Å². The Morgan fingerprint density at radius 2 is 2.00 bits per heavy atom. The van der Waals surface area contributed by atoms with Crippen LogP contribution in [0.3, 0.4) is 0 Å². The molecule has 0 aromatic heterocycles. The van der Waals surface area contributed by atoms with E-state index in [0.717, 1.165) is 19.4 Å². The molecule has 0 radical (unpaired) electrons. The minimum Gasteiger partial charge on any atom is -0.406 e. The lowest BCUT2D eigenvalue weighted by Gasteiger charge is -2.11. The van der Waals surface area contributed by atoms with Crippen LogP contribution in [0.25, 0.3) is 0 Å². The molecule has 0 saturated carbocycles. The summed E-state index contributed by atoms with van der Waals surface area (Å²) in [7, 11) is 0. The summed E-state index contributed by atoms with van der Waals surface area (Å²) in [6.07, 6.45) is -2.57. The summed E-state index contributed by atoms with van der Waals surface area (Å²) in [4.78, 5) is 0. The largest absolute Gasteiger partial charge is 0.573 e. The van der Waals surface area contributed by atoms with Crippen LogP contribution in [-0.4, -0.2) is 12.9 Å². The molecule has 5 heteroatoms. The number of alkyl halides is 3. The van der Waals surface area contributed by atoms with Gasteiger partial charge in [0.05, 0.1) is 0 Å². The van der Waals surface area contributed by atoms with Crippen LogP contribution in [0.1, 0.15) is 26.7 Å². The van der Waals surface area contributed by atoms with Gasteiger partial charge in [-0.2, -0.15) is 0 Å². The van der Waals surface area contributed by atoms with E-state index < -0.39 is 6.36 Å². The SMILES string of the molecule is CC(C)CCCNc1cccc(OC(F)(F)F)c1. The highest BCUT2D eigenvalue weighted by atomic mass is 19.4. The van der Waals surface area contributed by atoms with E-state index in [1.54, 1.807) is 6.07 Å². The third-order valence-corrected chi connectivity index (χ3v) is 2.35. The van der Waals surface area contributed by atoms with Crippen LogP contribution in [0.15, 0.2) is 24.3 Å². The molecule has 2 nitrogen and oxygen atoms in total. The number of hydrogen-bond acceptors (Lipinski definition) is 2. The second kappa shape index (κ2) is 6.52. The van der Waals surface area contributed by atoms with E-state index in [0.29, 0.717) is 11.6 Å². The molecular weight excluding hydrogens is 243 g/mol. The smallest absolute Gasteiger partial charge is 0.406 e. The maximum absolute atomic E-state index is 12.0. The molecule has 1 aromatic carbocycles. The van der Waals surface area contributed by atoms with Crippen molar-refractivity contribution < 1.29 is 17.9 Å². The minimum atomic E-state index is -4.64. The zero-order chi connectivity index (χ0) is 13.6. The van der Waals surface area contributed by atoms with Gasteiger partial charge in [0.1, 0.15) is 5.75 Å². The summed E-state index contributed by atoms with van der Waals surface area (Å²) in [5.74, 6) is 0.433. The Hall–Kier alpha value is -1.39. The molecule has 18 heavy (non-hydrogen) atoms. The van der Waals surface area contributed by atoms with Crippen molar-refractivity contribution >= 4 is 5.69 Å². The summed E-state index contributed by atoms with van der Waals surface area (Å²) in [6, 6.07) is 5.89. The van der Waals surface area contributed by atoms with Gasteiger partial charge in [0.2, 0.25) is 0 Å². The van der Waals surface area contributed by atoms with E-state index in [4.69, 9.17) is 0 Å². The first kappa shape index (κ1) is 14.7. The second-order valence-electron chi connectivity index (χ2n) is 4.54. The van der Waals surface area contributed by atoms with Gasteiger partial charge in [-0.1, -0.05) is 19.9 Å². The third kappa shape index (κ3) is 6.37. The van der Waals surface area contributed by atoms with Crippen molar-refractivity contribution in [3.8, 4) is 5.75 Å². The first-order valence-corrected chi connectivity index (χ1v) is 5.96. The fraction of sp³-hybridized carbons (Fsp3) is 0.538. The summed E-state index contributed by atoms with van der Waals surface area (Å²) < 4.78 is 39.9. The molecule has 1 N–H and O–H groups in total. The fourth-order valence-corrected chi connectivity index (χ4v) is 1.55. The van der Waals surface area contributed by atoms with Crippen LogP contribution < -0.4 is 10.1 Å². The van der Waals surface area contributed by atoms with E-state index in [2.05, 4.69) is 23.9 Å². The van der Waals surface area contributed by atoms with Crippen LogP contribution >= 0.6 is 0 Å². The normalized spacial score (nSPS) is 11.7. The molecule has 0 atom stereocenters. The van der Waals surface area contributed by atoms with E-state index in [1.165, 1.54) is 18.2 Å². The van der Waals surface area contributed by atoms with Crippen molar-refractivity contribution in [1.82, 2.24) is 0 Å². The number of rotatable bonds is 6. The number of nitrogens with one attached hydrogen (secondary N) is 1. The fourth-order valence-electron chi connectivity index (χ4n) is 1.55. The van der Waals surface area contributed by atoms with Crippen molar-refractivity contribution in [2.45, 2.75) is 33.1 Å². The molecule has 0 saturated heterocycles. The van der Waals surface area contributed by atoms with E-state index in [1.807, 2.05) is 0 Å². The molecule has 0 bridgehead atoms. The first-order valence-electron chi connectivity index (χ1n) is 5.96. The van der Waals surface area contributed by atoms with E-state index in [9.17, 15) is 13.2 Å². The van der Waals surface area contributed by atoms with Gasteiger partial charge in [-0.3, -0.25) is 0 Å². The number of halogens is 3. The average Bonchev–Trinajstić information content (AvgIpc) is 2.22. The maximum atomic E-state index is 12.0. The van der Waals surface area contributed by atoms with Crippen molar-refractivity contribution in [1.29, 1.82) is 0 Å². The Bertz CT molecular complexity index is 363. The lowest BCUT2D eigenvalue weighted by Crippen LogP contribution is -2.17. The average molecular weight is 261 g/mol. The predicted octanol–water partition coefficient (Wildman–Crippen LogP) is 4.43. The summed E-state index contributed by atoms with van der Waals surface area (Å²) in [5.41, 5.74) is 0.639. The Balaban J connectivity index is 2.44. The van der Waals surface area contributed by atoms with Gasteiger partial charge in [-0.25, -0.2) is 0 Å². The van der Waals surface area contributed by atoms with Crippen LogP contribution in [0.2, 0.25) is 0 Å². The van der Waals surface area contributed by atoms with Gasteiger partial charge in [-0.15, -0.1) is 13.2 Å². The van der Waals surface area contributed by atoms with Gasteiger partial charge in [0, 0.05) is 18.3 Å². The molecule has 0 aliphatic rings. The van der Waals surface area contributed by atoms with Crippen molar-refractivity contribution in [3.63, 3.8) is 0 Å². The number of ether oxygens (including phenoxy) is 1. The van der Waals surface area contributed by atoms with E-state index in [-0.39, 0.29) is 5.75 Å². The molecular formula is C13H18F3NO. The zero-order valence-corrected chi connectivity index (χ0v) is 10.6. The van der Waals surface area contributed by atoms with Crippen LogP contribution in [0, 0.1) is 5.92 Å². The summed E-state index contributed by atoms with van der Waals surface area (Å²) in [5, 5.41) is 3.08. The van der Waals surface area contributed by atoms with Crippen molar-refractivity contribution in [2.75, 3.05) is 11.9 Å². The molecule has 0 aliphatic heterocycles. The monoisotopic (exact) mass is 261 g/mol. The molecule has 0 heterocycles. The highest BCUT2D eigenvalue weighted by molar-refractivity contribution is 5.48. The molecule has 0 unspecified atom stereocenters. The number of hydrogen-bond donors (Lipinski definition) is 1. The van der Waals surface area contributed by atoms with Gasteiger partial charge in [0.15, 0.2) is 0 Å². The van der Waals surface area contributed by atoms with Gasteiger partial charge in [-0.05, 0) is 30.9 Å². The van der Waals surface area contributed by atoms with Crippen molar-refractivity contribution in [2.24, 2.45) is 5.92 Å². The highest BCUT2D eigenvalue weighted by Crippen LogP contribution is 2.25. The first-order chi connectivity index (χ1) is 8.37. The lowest BCUT2D eigenvalue weighted by atomic mass is 10.1. The molecule has 0 aliphatic carbocycles. The molecule has 1 aromatic rings. The Morgan fingerprint density at radius 1 is 1.28 bits per heavy atom. The van der Waals surface area contributed by atoms with Crippen molar-refractivity contribution in [3.05, 3.63) is 24.3 Å². The summed E-state index contributed by atoms with van der Waals surface area (Å²) in [6.45, 7) is 5.02. The van der Waals surface area contributed by atoms with Crippen LogP contribution in [-0.2, 0) is 0 Å². The van der Waals surface area contributed by atoms with Gasteiger partial charge < -0.3 is 10.1 Å². The topological polar surface area (TPSA) is 21.3 Å². The number of anilines is 1. The third-order valence-electron chi connectivity index (χ3n) is 2.35. The standard InChI is InChI=1S/C13H18F3NO/c1-10(2)5-4-8-17-11-6-3-7-12(9-11)18-13(14,15)16/h3,6-7,9-10,17H,4-5,8H2,1-2H3. The quantitative estimate of drug-likeness (QED) is 0.765. The molecule has 0 spiro atoms. The Kier molecular flexibility index (Phi) is 5.31. The van der Waals surface area contributed by atoms with Gasteiger partial charge >= 0.3 is 6.36 Å². The predicted molar refractivity (Wildman–Crippen MR) is 65.7 cm³/mol. The molecule has 1 rings (SSSR count). The van der Waals surface area contributed by atoms with Crippen LogP contribution in [0.5, 0.6) is 5.75 Å². The highest BCUT2D eigenvalue weighted by Gasteiger charge is 2.31. The second-order valence-corrected chi connectivity index (χ2v) is 4.54. The molecule has 0 amide bonds.